The van der Waals surface area contributed by atoms with Crippen LogP contribution in [0.3, 0.4) is 0 Å². The van der Waals surface area contributed by atoms with Gasteiger partial charge in [0.25, 0.3) is 0 Å². The largest absolute Gasteiger partial charge is 0.491 e. The lowest BCUT2D eigenvalue weighted by molar-refractivity contribution is -0.142. The Bertz CT molecular complexity index is 511. The molecule has 0 radical (unpaired) electrons. The van der Waals surface area contributed by atoms with Gasteiger partial charge in [-0.15, -0.1) is 0 Å². The molecule has 0 saturated heterocycles. The third kappa shape index (κ3) is 5.07. The van der Waals surface area contributed by atoms with Crippen molar-refractivity contribution in [1.82, 2.24) is 0 Å². The second-order valence-electron chi connectivity index (χ2n) is 4.54. The fourth-order valence-electron chi connectivity index (χ4n) is 1.92. The lowest BCUT2D eigenvalue weighted by atomic mass is 10.1. The van der Waals surface area contributed by atoms with Crippen molar-refractivity contribution in [3.63, 3.8) is 0 Å². The molecule has 1 aromatic carbocycles. The molecule has 6 heteroatoms. The zero-order chi connectivity index (χ0) is 15.1. The summed E-state index contributed by atoms with van der Waals surface area (Å²) in [5, 5.41) is 0. The third-order valence-corrected chi connectivity index (χ3v) is 2.88. The molecule has 1 aliphatic rings. The van der Waals surface area contributed by atoms with Crippen LogP contribution in [0, 0.1) is 0 Å². The van der Waals surface area contributed by atoms with E-state index in [4.69, 9.17) is 18.9 Å². The normalized spacial score (nSPS) is 13.3. The second-order valence-corrected chi connectivity index (χ2v) is 4.54. The van der Waals surface area contributed by atoms with Crippen LogP contribution in [0.4, 0.5) is 0 Å². The van der Waals surface area contributed by atoms with Gasteiger partial charge in [-0.05, 0) is 30.2 Å². The molecule has 0 aliphatic carbocycles. The van der Waals surface area contributed by atoms with Gasteiger partial charge in [0, 0.05) is 6.92 Å². The van der Waals surface area contributed by atoms with Crippen molar-refractivity contribution >= 4 is 11.9 Å². The summed E-state index contributed by atoms with van der Waals surface area (Å²) in [5.74, 6) is 0.813. The van der Waals surface area contributed by atoms with E-state index in [-0.39, 0.29) is 18.5 Å². The highest BCUT2D eigenvalue weighted by Crippen LogP contribution is 2.28. The fraction of sp³-hybridized carbons (Fsp3) is 0.467. The molecule has 0 spiro atoms. The van der Waals surface area contributed by atoms with Gasteiger partial charge >= 0.3 is 11.9 Å². The Morgan fingerprint density at radius 3 is 2.81 bits per heavy atom. The van der Waals surface area contributed by atoms with Gasteiger partial charge in [-0.1, -0.05) is 0 Å². The molecule has 0 atom stereocenters. The van der Waals surface area contributed by atoms with Crippen LogP contribution in [0.15, 0.2) is 18.2 Å². The number of benzene rings is 1. The Morgan fingerprint density at radius 2 is 2.00 bits per heavy atom. The Balaban J connectivity index is 1.67. The molecule has 0 saturated carbocycles. The van der Waals surface area contributed by atoms with E-state index in [1.807, 2.05) is 6.07 Å². The Labute approximate surface area is 122 Å². The molecule has 2 rings (SSSR count). The van der Waals surface area contributed by atoms with Crippen LogP contribution in [-0.4, -0.2) is 38.4 Å². The molecular weight excluding hydrogens is 276 g/mol. The summed E-state index contributed by atoms with van der Waals surface area (Å²) in [6, 6.07) is 5.38. The molecule has 1 heterocycles. The van der Waals surface area contributed by atoms with Crippen LogP contribution < -0.4 is 9.47 Å². The monoisotopic (exact) mass is 294 g/mol. The van der Waals surface area contributed by atoms with E-state index >= 15 is 0 Å². The lowest BCUT2D eigenvalue weighted by Gasteiger charge is -2.16. The fourth-order valence-corrected chi connectivity index (χ4v) is 1.92. The predicted molar refractivity (Wildman–Crippen MR) is 73.3 cm³/mol. The smallest absolute Gasteiger partial charge is 0.311 e. The highest BCUT2D eigenvalue weighted by Gasteiger charge is 2.17. The highest BCUT2D eigenvalue weighted by molar-refractivity contribution is 5.75. The molecule has 0 unspecified atom stereocenters. The number of aryl methyl sites for hydroxylation is 1. The third-order valence-electron chi connectivity index (χ3n) is 2.88. The Morgan fingerprint density at radius 1 is 1.19 bits per heavy atom. The number of carbonyl (C=O) groups is 2. The van der Waals surface area contributed by atoms with Gasteiger partial charge in [-0.25, -0.2) is 0 Å². The first-order valence-corrected chi connectivity index (χ1v) is 6.82. The average molecular weight is 294 g/mol. The maximum absolute atomic E-state index is 11.1. The lowest BCUT2D eigenvalue weighted by Crippen LogP contribution is -2.16. The van der Waals surface area contributed by atoms with Gasteiger partial charge in [0.1, 0.15) is 24.7 Å². The first kappa shape index (κ1) is 15.3. The topological polar surface area (TPSA) is 71.1 Å². The van der Waals surface area contributed by atoms with Crippen molar-refractivity contribution in [1.29, 1.82) is 0 Å². The minimum Gasteiger partial charge on any atom is -0.491 e. The SMILES string of the molecule is CC(=O)OCCOCCOc1ccc2c(c1)CCC(=O)O2. The minimum atomic E-state index is -0.315. The van der Waals surface area contributed by atoms with Crippen LogP contribution in [0.25, 0.3) is 0 Å². The molecule has 114 valence electrons. The number of fused-ring (bicyclic) bond motifs is 1. The summed E-state index contributed by atoms with van der Waals surface area (Å²) in [4.78, 5) is 21.7. The molecule has 0 N–H and O–H groups in total. The highest BCUT2D eigenvalue weighted by atomic mass is 16.6. The zero-order valence-electron chi connectivity index (χ0n) is 11.9. The number of carbonyl (C=O) groups excluding carboxylic acids is 2. The Kier molecular flexibility index (Phi) is 5.57. The number of rotatable bonds is 7. The van der Waals surface area contributed by atoms with E-state index in [1.54, 1.807) is 12.1 Å². The molecule has 0 amide bonds. The maximum Gasteiger partial charge on any atom is 0.311 e. The van der Waals surface area contributed by atoms with E-state index in [1.165, 1.54) is 6.92 Å². The summed E-state index contributed by atoms with van der Waals surface area (Å²) in [5.41, 5.74) is 0.975. The molecule has 1 aromatic rings. The van der Waals surface area contributed by atoms with Crippen molar-refractivity contribution in [3.05, 3.63) is 23.8 Å². The number of esters is 2. The minimum absolute atomic E-state index is 0.197. The maximum atomic E-state index is 11.1. The first-order valence-electron chi connectivity index (χ1n) is 6.82. The van der Waals surface area contributed by atoms with Gasteiger partial charge < -0.3 is 18.9 Å². The number of hydrogen-bond donors (Lipinski definition) is 0. The molecule has 1 aliphatic heterocycles. The summed E-state index contributed by atoms with van der Waals surface area (Å²) in [6.45, 7) is 2.77. The predicted octanol–water partition coefficient (Wildman–Crippen LogP) is 1.50. The van der Waals surface area contributed by atoms with Crippen LogP contribution in [-0.2, 0) is 25.5 Å². The van der Waals surface area contributed by atoms with E-state index < -0.39 is 0 Å². The molecule has 0 aromatic heterocycles. The van der Waals surface area contributed by atoms with Crippen molar-refractivity contribution in [2.45, 2.75) is 19.8 Å². The van der Waals surface area contributed by atoms with Crippen molar-refractivity contribution in [3.8, 4) is 11.5 Å². The first-order chi connectivity index (χ1) is 10.1. The van der Waals surface area contributed by atoms with Crippen molar-refractivity contribution in [2.24, 2.45) is 0 Å². The zero-order valence-corrected chi connectivity index (χ0v) is 11.9. The van der Waals surface area contributed by atoms with Gasteiger partial charge in [0.05, 0.1) is 19.6 Å². The molecular formula is C15H18O6. The number of hydrogen-bond acceptors (Lipinski definition) is 6. The Hall–Kier alpha value is -2.08. The van der Waals surface area contributed by atoms with Crippen molar-refractivity contribution < 1.29 is 28.5 Å². The van der Waals surface area contributed by atoms with E-state index in [0.717, 1.165) is 11.3 Å². The quantitative estimate of drug-likeness (QED) is 0.431. The number of ether oxygens (including phenoxy) is 4. The molecule has 0 bridgehead atoms. The van der Waals surface area contributed by atoms with Crippen LogP contribution in [0.2, 0.25) is 0 Å². The van der Waals surface area contributed by atoms with E-state index in [0.29, 0.717) is 38.4 Å². The van der Waals surface area contributed by atoms with E-state index in [2.05, 4.69) is 0 Å². The average Bonchev–Trinajstić information content (AvgIpc) is 2.46. The molecule has 6 nitrogen and oxygen atoms in total. The molecule has 21 heavy (non-hydrogen) atoms. The van der Waals surface area contributed by atoms with E-state index in [9.17, 15) is 9.59 Å². The van der Waals surface area contributed by atoms with Crippen LogP contribution >= 0.6 is 0 Å². The van der Waals surface area contributed by atoms with Gasteiger partial charge in [-0.2, -0.15) is 0 Å². The molecule has 0 fully saturated rings. The summed E-state index contributed by atoms with van der Waals surface area (Å²) >= 11 is 0. The van der Waals surface area contributed by atoms with Crippen LogP contribution in [0.1, 0.15) is 18.9 Å². The summed E-state index contributed by atoms with van der Waals surface area (Å²) < 4.78 is 20.7. The second kappa shape index (κ2) is 7.64. The van der Waals surface area contributed by atoms with Gasteiger partial charge in [0.2, 0.25) is 0 Å². The summed E-state index contributed by atoms with van der Waals surface area (Å²) in [6.07, 6.45) is 1.07. The summed E-state index contributed by atoms with van der Waals surface area (Å²) in [7, 11) is 0. The standard InChI is InChI=1S/C15H18O6/c1-11(16)19-8-6-18-7-9-20-13-3-4-14-12(10-13)2-5-15(17)21-14/h3-4,10H,2,5-9H2,1H3. The van der Waals surface area contributed by atoms with Crippen LogP contribution in [0.5, 0.6) is 11.5 Å². The van der Waals surface area contributed by atoms with Crippen molar-refractivity contribution in [2.75, 3.05) is 26.4 Å². The van der Waals surface area contributed by atoms with Gasteiger partial charge in [-0.3, -0.25) is 9.59 Å². The van der Waals surface area contributed by atoms with Gasteiger partial charge in [0.15, 0.2) is 0 Å².